The summed E-state index contributed by atoms with van der Waals surface area (Å²) in [6.45, 7) is 3.47. The number of epoxide rings is 2. The Balaban J connectivity index is 1.08. The molecule has 0 N–H and O–H groups in total. The van der Waals surface area contributed by atoms with Crippen molar-refractivity contribution in [3.05, 3.63) is 0 Å². The molecule has 2 aliphatic carbocycles. The van der Waals surface area contributed by atoms with Crippen LogP contribution in [0.1, 0.15) is 57.8 Å². The summed E-state index contributed by atoms with van der Waals surface area (Å²) in [5.74, 6) is 1.88. The lowest BCUT2D eigenvalue weighted by molar-refractivity contribution is -0.00203. The summed E-state index contributed by atoms with van der Waals surface area (Å²) in [5.41, 5.74) is 0. The van der Waals surface area contributed by atoms with E-state index in [9.17, 15) is 0 Å². The molecule has 4 rings (SSSR count). The second-order valence-electron chi connectivity index (χ2n) is 8.10. The zero-order valence-electron chi connectivity index (χ0n) is 14.3. The van der Waals surface area contributed by atoms with Crippen LogP contribution < -0.4 is 0 Å². The van der Waals surface area contributed by atoms with Gasteiger partial charge in [-0.25, -0.2) is 0 Å². The van der Waals surface area contributed by atoms with Crippen molar-refractivity contribution in [2.75, 3.05) is 26.4 Å². The summed E-state index contributed by atoms with van der Waals surface area (Å²) in [4.78, 5) is 0. The predicted molar refractivity (Wildman–Crippen MR) is 87.5 cm³/mol. The fourth-order valence-electron chi connectivity index (χ4n) is 4.36. The Bertz CT molecular complexity index is 316. The third-order valence-electron chi connectivity index (χ3n) is 6.09. The maximum atomic E-state index is 5.96. The van der Waals surface area contributed by atoms with Gasteiger partial charge in [-0.3, -0.25) is 0 Å². The molecule has 0 aromatic heterocycles. The van der Waals surface area contributed by atoms with Crippen molar-refractivity contribution in [2.24, 2.45) is 11.8 Å². The predicted octanol–water partition coefficient (Wildman–Crippen LogP) is 3.32. The molecule has 23 heavy (non-hydrogen) atoms. The van der Waals surface area contributed by atoms with Crippen LogP contribution in [-0.2, 0) is 18.9 Å². The molecule has 4 aliphatic rings. The average Bonchev–Trinajstić information content (AvgIpc) is 3.48. The van der Waals surface area contributed by atoms with E-state index in [1.54, 1.807) is 0 Å². The summed E-state index contributed by atoms with van der Waals surface area (Å²) in [6, 6.07) is 0. The van der Waals surface area contributed by atoms with Gasteiger partial charge in [0.2, 0.25) is 0 Å². The highest BCUT2D eigenvalue weighted by atomic mass is 16.6. The van der Waals surface area contributed by atoms with Crippen LogP contribution in [0.2, 0.25) is 0 Å². The molecule has 132 valence electrons. The fourth-order valence-corrected chi connectivity index (χ4v) is 4.36. The Morgan fingerprint density at radius 2 is 1.00 bits per heavy atom. The number of ether oxygens (including phenoxy) is 4. The molecule has 2 saturated carbocycles. The second-order valence-corrected chi connectivity index (χ2v) is 8.10. The molecule has 4 nitrogen and oxygen atoms in total. The molecule has 4 heteroatoms. The maximum absolute atomic E-state index is 5.96. The van der Waals surface area contributed by atoms with Crippen LogP contribution in [0.5, 0.6) is 0 Å². The van der Waals surface area contributed by atoms with Crippen molar-refractivity contribution in [2.45, 2.75) is 82.2 Å². The molecule has 2 unspecified atom stereocenters. The van der Waals surface area contributed by atoms with Gasteiger partial charge in [0.05, 0.1) is 38.6 Å². The molecule has 2 aliphatic heterocycles. The van der Waals surface area contributed by atoms with Gasteiger partial charge in [0, 0.05) is 0 Å². The van der Waals surface area contributed by atoms with Crippen LogP contribution in [0, 0.1) is 11.8 Å². The van der Waals surface area contributed by atoms with Gasteiger partial charge >= 0.3 is 0 Å². The van der Waals surface area contributed by atoms with Gasteiger partial charge < -0.3 is 18.9 Å². The van der Waals surface area contributed by atoms with Crippen LogP contribution in [0.3, 0.4) is 0 Å². The zero-order valence-corrected chi connectivity index (χ0v) is 14.3. The van der Waals surface area contributed by atoms with Gasteiger partial charge in [-0.2, -0.15) is 0 Å². The summed E-state index contributed by atoms with van der Waals surface area (Å²) in [7, 11) is 0. The first-order valence-corrected chi connectivity index (χ1v) is 9.81. The minimum absolute atomic E-state index is 0.414. The van der Waals surface area contributed by atoms with Crippen LogP contribution >= 0.6 is 0 Å². The van der Waals surface area contributed by atoms with Gasteiger partial charge in [-0.15, -0.1) is 0 Å². The van der Waals surface area contributed by atoms with Crippen molar-refractivity contribution in [1.29, 1.82) is 0 Å². The Morgan fingerprint density at radius 3 is 1.35 bits per heavy atom. The van der Waals surface area contributed by atoms with Gasteiger partial charge in [-0.1, -0.05) is 0 Å². The SMILES string of the molecule is C1CC(OCC2CO2)CCC1CC1CCC(OCC2CO2)CC1. The first kappa shape index (κ1) is 16.3. The molecule has 0 amide bonds. The Kier molecular flexibility index (Phi) is 5.54. The second kappa shape index (κ2) is 7.81. The molecule has 0 radical (unpaired) electrons. The van der Waals surface area contributed by atoms with Gasteiger partial charge in [0.25, 0.3) is 0 Å². The third-order valence-corrected chi connectivity index (χ3v) is 6.09. The largest absolute Gasteiger partial charge is 0.375 e. The third kappa shape index (κ3) is 5.42. The van der Waals surface area contributed by atoms with E-state index >= 15 is 0 Å². The monoisotopic (exact) mass is 324 g/mol. The molecular formula is C19H32O4. The smallest absolute Gasteiger partial charge is 0.104 e. The van der Waals surface area contributed by atoms with Gasteiger partial charge in [0.15, 0.2) is 0 Å². The van der Waals surface area contributed by atoms with Crippen LogP contribution in [0.4, 0.5) is 0 Å². The molecule has 0 spiro atoms. The molecule has 2 saturated heterocycles. The lowest BCUT2D eigenvalue weighted by atomic mass is 9.76. The highest BCUT2D eigenvalue weighted by Gasteiger charge is 2.30. The van der Waals surface area contributed by atoms with Crippen molar-refractivity contribution >= 4 is 0 Å². The lowest BCUT2D eigenvalue weighted by Gasteiger charge is -2.34. The van der Waals surface area contributed by atoms with E-state index in [1.807, 2.05) is 0 Å². The Hall–Kier alpha value is -0.160. The van der Waals surface area contributed by atoms with E-state index in [0.717, 1.165) is 38.3 Å². The number of hydrogen-bond acceptors (Lipinski definition) is 4. The van der Waals surface area contributed by atoms with Crippen molar-refractivity contribution < 1.29 is 18.9 Å². The lowest BCUT2D eigenvalue weighted by Crippen LogP contribution is -2.27. The van der Waals surface area contributed by atoms with Crippen molar-refractivity contribution in [1.82, 2.24) is 0 Å². The van der Waals surface area contributed by atoms with Crippen LogP contribution in [0.25, 0.3) is 0 Å². The fraction of sp³-hybridized carbons (Fsp3) is 1.00. The minimum Gasteiger partial charge on any atom is -0.375 e. The summed E-state index contributed by atoms with van der Waals surface area (Å²) in [6.07, 6.45) is 13.8. The summed E-state index contributed by atoms with van der Waals surface area (Å²) < 4.78 is 22.4. The Morgan fingerprint density at radius 1 is 0.609 bits per heavy atom. The average molecular weight is 324 g/mol. The maximum Gasteiger partial charge on any atom is 0.104 e. The standard InChI is InChI=1S/C19H32O4/c1-5-16(20-10-18-12-22-18)6-2-14(1)9-15-3-7-17(8-4-15)21-11-19-13-23-19/h14-19H,1-13H2. The highest BCUT2D eigenvalue weighted by Crippen LogP contribution is 2.37. The Labute approximate surface area is 140 Å². The highest BCUT2D eigenvalue weighted by molar-refractivity contribution is 4.80. The molecule has 0 aromatic carbocycles. The van der Waals surface area contributed by atoms with Gasteiger partial charge in [-0.05, 0) is 69.6 Å². The normalized spacial score (nSPS) is 43.3. The number of rotatable bonds is 8. The van der Waals surface area contributed by atoms with E-state index in [0.29, 0.717) is 24.4 Å². The van der Waals surface area contributed by atoms with E-state index < -0.39 is 0 Å². The van der Waals surface area contributed by atoms with Crippen molar-refractivity contribution in [3.8, 4) is 0 Å². The topological polar surface area (TPSA) is 43.5 Å². The van der Waals surface area contributed by atoms with Crippen LogP contribution in [0.15, 0.2) is 0 Å². The molecule has 0 aromatic rings. The molecule has 2 atom stereocenters. The van der Waals surface area contributed by atoms with E-state index in [4.69, 9.17) is 18.9 Å². The summed E-state index contributed by atoms with van der Waals surface area (Å²) >= 11 is 0. The van der Waals surface area contributed by atoms with E-state index in [-0.39, 0.29) is 0 Å². The first-order valence-electron chi connectivity index (χ1n) is 9.81. The van der Waals surface area contributed by atoms with Gasteiger partial charge in [0.1, 0.15) is 12.2 Å². The molecule has 4 fully saturated rings. The number of hydrogen-bond donors (Lipinski definition) is 0. The summed E-state index contributed by atoms with van der Waals surface area (Å²) in [5, 5.41) is 0. The van der Waals surface area contributed by atoms with Crippen molar-refractivity contribution in [3.63, 3.8) is 0 Å². The quantitative estimate of drug-likeness (QED) is 0.642. The van der Waals surface area contributed by atoms with E-state index in [2.05, 4.69) is 0 Å². The molecule has 2 heterocycles. The molecular weight excluding hydrogens is 292 g/mol. The molecule has 0 bridgehead atoms. The van der Waals surface area contributed by atoms with Crippen LogP contribution in [-0.4, -0.2) is 50.8 Å². The van der Waals surface area contributed by atoms with E-state index in [1.165, 1.54) is 57.8 Å². The first-order chi connectivity index (χ1) is 11.3. The zero-order chi connectivity index (χ0) is 15.5. The minimum atomic E-state index is 0.414.